The highest BCUT2D eigenvalue weighted by atomic mass is 32.1. The smallest absolute Gasteiger partial charge is 0.269 e. The van der Waals surface area contributed by atoms with Crippen LogP contribution in [0.15, 0.2) is 78.4 Å². The lowest BCUT2D eigenvalue weighted by molar-refractivity contribution is -0.384. The van der Waals surface area contributed by atoms with Crippen LogP contribution in [0.25, 0.3) is 11.1 Å². The molecule has 1 unspecified atom stereocenters. The van der Waals surface area contributed by atoms with Crippen molar-refractivity contribution in [3.8, 4) is 17.2 Å². The molecule has 0 aliphatic rings. The van der Waals surface area contributed by atoms with Gasteiger partial charge in [-0.05, 0) is 41.3 Å². The largest absolute Gasteiger partial charge is 0.301 e. The summed E-state index contributed by atoms with van der Waals surface area (Å²) in [5, 5.41) is 24.1. The van der Waals surface area contributed by atoms with Crippen LogP contribution in [0.1, 0.15) is 33.2 Å². The standard InChI is InChI=1S/C25H20N4O2S/c1-17-4-2-3-5-22(17)23-12-19(8-9-20(23)13-26)25(24-15-27-16-32-24)28-14-18-6-10-21(11-7-18)29(30)31/h2-12,15-16,25,28H,14H2,1H3. The van der Waals surface area contributed by atoms with Gasteiger partial charge in [0.15, 0.2) is 0 Å². The average Bonchev–Trinajstić information content (AvgIpc) is 3.34. The summed E-state index contributed by atoms with van der Waals surface area (Å²) in [6, 6.07) is 22.6. The van der Waals surface area contributed by atoms with Crippen molar-refractivity contribution in [1.82, 2.24) is 10.3 Å². The molecule has 1 aromatic heterocycles. The maximum Gasteiger partial charge on any atom is 0.269 e. The Kier molecular flexibility index (Phi) is 6.36. The van der Waals surface area contributed by atoms with Gasteiger partial charge in [0.2, 0.25) is 0 Å². The molecule has 0 aliphatic carbocycles. The predicted molar refractivity (Wildman–Crippen MR) is 125 cm³/mol. The molecule has 1 heterocycles. The number of aromatic nitrogens is 1. The molecule has 0 bridgehead atoms. The van der Waals surface area contributed by atoms with Gasteiger partial charge in [0.05, 0.1) is 28.1 Å². The van der Waals surface area contributed by atoms with E-state index < -0.39 is 4.92 Å². The highest BCUT2D eigenvalue weighted by Gasteiger charge is 2.18. The number of non-ortho nitro benzene ring substituents is 1. The first-order valence-electron chi connectivity index (χ1n) is 10.0. The summed E-state index contributed by atoms with van der Waals surface area (Å²) < 4.78 is 0. The van der Waals surface area contributed by atoms with Gasteiger partial charge in [-0.15, -0.1) is 11.3 Å². The Bertz CT molecular complexity index is 1280. The first-order chi connectivity index (χ1) is 15.6. The highest BCUT2D eigenvalue weighted by Crippen LogP contribution is 2.32. The lowest BCUT2D eigenvalue weighted by atomic mass is 9.92. The molecule has 0 aliphatic heterocycles. The number of thiazole rings is 1. The van der Waals surface area contributed by atoms with Crippen molar-refractivity contribution in [3.05, 3.63) is 116 Å². The second-order valence-corrected chi connectivity index (χ2v) is 8.29. The van der Waals surface area contributed by atoms with E-state index >= 15 is 0 Å². The fourth-order valence-electron chi connectivity index (χ4n) is 3.64. The number of nitrogens with zero attached hydrogens (tertiary/aromatic N) is 3. The molecule has 6 nitrogen and oxygen atoms in total. The third-order valence-corrected chi connectivity index (χ3v) is 6.17. The second kappa shape index (κ2) is 9.52. The Balaban J connectivity index is 1.68. The number of aryl methyl sites for hydroxylation is 1. The molecule has 0 amide bonds. The number of rotatable bonds is 7. The quantitative estimate of drug-likeness (QED) is 0.291. The molecule has 7 heteroatoms. The maximum absolute atomic E-state index is 10.9. The van der Waals surface area contributed by atoms with E-state index in [1.165, 1.54) is 12.1 Å². The summed E-state index contributed by atoms with van der Waals surface area (Å²) in [6.07, 6.45) is 1.84. The molecule has 32 heavy (non-hydrogen) atoms. The molecule has 1 atom stereocenters. The summed E-state index contributed by atoms with van der Waals surface area (Å²) in [6.45, 7) is 2.57. The Labute approximate surface area is 190 Å². The molecule has 0 spiro atoms. The molecule has 158 valence electrons. The number of benzene rings is 3. The van der Waals surface area contributed by atoms with Gasteiger partial charge in [0.1, 0.15) is 0 Å². The lowest BCUT2D eigenvalue weighted by Gasteiger charge is -2.20. The number of nitriles is 1. The van der Waals surface area contributed by atoms with Crippen LogP contribution in [-0.4, -0.2) is 9.91 Å². The molecule has 0 fully saturated rings. The van der Waals surface area contributed by atoms with Crippen LogP contribution in [0.5, 0.6) is 0 Å². The number of hydrogen-bond acceptors (Lipinski definition) is 6. The Morgan fingerprint density at radius 3 is 2.56 bits per heavy atom. The van der Waals surface area contributed by atoms with E-state index in [0.717, 1.165) is 32.7 Å². The molecule has 4 aromatic rings. The van der Waals surface area contributed by atoms with Crippen molar-refractivity contribution >= 4 is 17.0 Å². The molecule has 0 radical (unpaired) electrons. The van der Waals surface area contributed by atoms with Crippen LogP contribution in [0, 0.1) is 28.4 Å². The predicted octanol–water partition coefficient (Wildman–Crippen LogP) is 5.78. The third-order valence-electron chi connectivity index (χ3n) is 5.33. The molecular weight excluding hydrogens is 420 g/mol. The monoisotopic (exact) mass is 440 g/mol. The van der Waals surface area contributed by atoms with Crippen molar-refractivity contribution in [2.45, 2.75) is 19.5 Å². The zero-order valence-corrected chi connectivity index (χ0v) is 18.2. The van der Waals surface area contributed by atoms with E-state index in [9.17, 15) is 15.4 Å². The van der Waals surface area contributed by atoms with Crippen molar-refractivity contribution < 1.29 is 4.92 Å². The van der Waals surface area contributed by atoms with E-state index in [4.69, 9.17) is 0 Å². The normalized spacial score (nSPS) is 11.6. The maximum atomic E-state index is 10.9. The SMILES string of the molecule is Cc1ccccc1-c1cc(C(NCc2ccc([N+](=O)[O-])cc2)c2cncs2)ccc1C#N. The van der Waals surface area contributed by atoms with E-state index in [0.29, 0.717) is 12.1 Å². The van der Waals surface area contributed by atoms with Crippen LogP contribution in [0.2, 0.25) is 0 Å². The van der Waals surface area contributed by atoms with Crippen LogP contribution in [0.3, 0.4) is 0 Å². The summed E-state index contributed by atoms with van der Waals surface area (Å²) in [5.41, 5.74) is 7.49. The van der Waals surface area contributed by atoms with Gasteiger partial charge < -0.3 is 5.32 Å². The van der Waals surface area contributed by atoms with Gasteiger partial charge in [-0.2, -0.15) is 5.26 Å². The average molecular weight is 441 g/mol. The minimum atomic E-state index is -0.402. The van der Waals surface area contributed by atoms with E-state index in [1.54, 1.807) is 29.0 Å². The lowest BCUT2D eigenvalue weighted by Crippen LogP contribution is -2.21. The van der Waals surface area contributed by atoms with Crippen molar-refractivity contribution in [2.75, 3.05) is 0 Å². The van der Waals surface area contributed by atoms with Gasteiger partial charge in [-0.3, -0.25) is 15.1 Å². The molecule has 1 N–H and O–H groups in total. The van der Waals surface area contributed by atoms with Gasteiger partial charge in [0, 0.05) is 35.3 Å². The molecule has 3 aromatic carbocycles. The van der Waals surface area contributed by atoms with E-state index in [-0.39, 0.29) is 11.7 Å². The minimum Gasteiger partial charge on any atom is -0.301 e. The molecular formula is C25H20N4O2S. The van der Waals surface area contributed by atoms with Crippen molar-refractivity contribution in [3.63, 3.8) is 0 Å². The van der Waals surface area contributed by atoms with Crippen LogP contribution in [0.4, 0.5) is 5.69 Å². The minimum absolute atomic E-state index is 0.0720. The van der Waals surface area contributed by atoms with Crippen molar-refractivity contribution in [1.29, 1.82) is 5.26 Å². The number of nitrogens with one attached hydrogen (secondary N) is 1. The topological polar surface area (TPSA) is 91.8 Å². The van der Waals surface area contributed by atoms with E-state index in [2.05, 4.69) is 22.4 Å². The fourth-order valence-corrected chi connectivity index (χ4v) is 4.36. The molecule has 4 rings (SSSR count). The first-order valence-corrected chi connectivity index (χ1v) is 10.9. The first kappa shape index (κ1) is 21.4. The zero-order valence-electron chi connectivity index (χ0n) is 17.4. The molecule has 0 saturated carbocycles. The van der Waals surface area contributed by atoms with Crippen LogP contribution < -0.4 is 5.32 Å². The Hall–Kier alpha value is -3.86. The summed E-state index contributed by atoms with van der Waals surface area (Å²) >= 11 is 1.55. The van der Waals surface area contributed by atoms with Gasteiger partial charge >= 0.3 is 0 Å². The number of nitro groups is 1. The van der Waals surface area contributed by atoms with Crippen LogP contribution >= 0.6 is 11.3 Å². The summed E-state index contributed by atoms with van der Waals surface area (Å²) in [7, 11) is 0. The zero-order chi connectivity index (χ0) is 22.5. The third kappa shape index (κ3) is 4.57. The molecule has 0 saturated heterocycles. The fraction of sp³-hybridized carbons (Fsp3) is 0.120. The highest BCUT2D eigenvalue weighted by molar-refractivity contribution is 7.09. The Morgan fingerprint density at radius 2 is 1.91 bits per heavy atom. The number of hydrogen-bond donors (Lipinski definition) is 1. The summed E-state index contributed by atoms with van der Waals surface area (Å²) in [4.78, 5) is 15.8. The van der Waals surface area contributed by atoms with E-state index in [1.807, 2.05) is 49.5 Å². The van der Waals surface area contributed by atoms with Crippen LogP contribution in [-0.2, 0) is 6.54 Å². The van der Waals surface area contributed by atoms with Gasteiger partial charge in [-0.25, -0.2) is 0 Å². The Morgan fingerprint density at radius 1 is 1.12 bits per heavy atom. The number of nitro benzene ring substituents is 1. The van der Waals surface area contributed by atoms with Crippen molar-refractivity contribution in [2.24, 2.45) is 0 Å². The second-order valence-electron chi connectivity index (χ2n) is 7.37. The van der Waals surface area contributed by atoms with Gasteiger partial charge in [-0.1, -0.05) is 42.5 Å². The summed E-state index contributed by atoms with van der Waals surface area (Å²) in [5.74, 6) is 0. The van der Waals surface area contributed by atoms with Gasteiger partial charge in [0.25, 0.3) is 5.69 Å².